The van der Waals surface area contributed by atoms with E-state index in [1.165, 1.54) is 12.1 Å². The second kappa shape index (κ2) is 5.25. The van der Waals surface area contributed by atoms with Crippen LogP contribution in [0.3, 0.4) is 0 Å². The van der Waals surface area contributed by atoms with Gasteiger partial charge >= 0.3 is 6.36 Å². The van der Waals surface area contributed by atoms with Crippen LogP contribution in [0.5, 0.6) is 5.75 Å². The number of hydrogen-bond donors (Lipinski definition) is 0. The molecule has 2 rings (SSSR count). The monoisotopic (exact) mass is 277 g/mol. The summed E-state index contributed by atoms with van der Waals surface area (Å²) < 4.78 is 40.8. The Labute approximate surface area is 114 Å². The van der Waals surface area contributed by atoms with Crippen LogP contribution in [0, 0.1) is 18.3 Å². The normalized spacial score (nSPS) is 10.9. The summed E-state index contributed by atoms with van der Waals surface area (Å²) in [7, 11) is 0. The third-order valence-electron chi connectivity index (χ3n) is 2.71. The summed E-state index contributed by atoms with van der Waals surface area (Å²) in [6, 6.07) is 13.1. The lowest BCUT2D eigenvalue weighted by Crippen LogP contribution is -2.17. The average Bonchev–Trinajstić information content (AvgIpc) is 2.37. The summed E-state index contributed by atoms with van der Waals surface area (Å²) in [5, 5.41) is 8.82. The van der Waals surface area contributed by atoms with Gasteiger partial charge in [0, 0.05) is 0 Å². The Bertz CT molecular complexity index is 654. The molecule has 0 heterocycles. The van der Waals surface area contributed by atoms with Gasteiger partial charge in [-0.3, -0.25) is 0 Å². The lowest BCUT2D eigenvalue weighted by molar-refractivity contribution is -0.274. The first-order valence-electron chi connectivity index (χ1n) is 5.76. The van der Waals surface area contributed by atoms with E-state index >= 15 is 0 Å². The van der Waals surface area contributed by atoms with Crippen molar-refractivity contribution in [2.45, 2.75) is 13.3 Å². The second-order valence-corrected chi connectivity index (χ2v) is 4.24. The molecule has 0 aliphatic heterocycles. The van der Waals surface area contributed by atoms with Crippen molar-refractivity contribution in [1.29, 1.82) is 5.26 Å². The van der Waals surface area contributed by atoms with Crippen molar-refractivity contribution in [1.82, 2.24) is 0 Å². The Hall–Kier alpha value is -2.48. The Kier molecular flexibility index (Phi) is 3.66. The SMILES string of the molecule is Cc1ccc(-c2ccc(C#N)c(OC(F)(F)F)c2)cc1. The molecule has 2 aromatic carbocycles. The molecule has 0 aliphatic carbocycles. The number of halogens is 3. The summed E-state index contributed by atoms with van der Waals surface area (Å²) in [6.07, 6.45) is -4.82. The zero-order valence-electron chi connectivity index (χ0n) is 10.5. The van der Waals surface area contributed by atoms with E-state index in [2.05, 4.69) is 4.74 Å². The molecule has 0 N–H and O–H groups in total. The van der Waals surface area contributed by atoms with Gasteiger partial charge in [0.15, 0.2) is 0 Å². The fraction of sp³-hybridized carbons (Fsp3) is 0.133. The third kappa shape index (κ3) is 3.29. The summed E-state index contributed by atoms with van der Waals surface area (Å²) in [5.74, 6) is -0.488. The van der Waals surface area contributed by atoms with Crippen molar-refractivity contribution in [2.24, 2.45) is 0 Å². The smallest absolute Gasteiger partial charge is 0.404 e. The molecule has 0 fully saturated rings. The highest BCUT2D eigenvalue weighted by atomic mass is 19.4. The van der Waals surface area contributed by atoms with E-state index < -0.39 is 12.1 Å². The van der Waals surface area contributed by atoms with Crippen LogP contribution in [0.4, 0.5) is 13.2 Å². The maximum atomic E-state index is 12.3. The molecule has 0 saturated heterocycles. The molecule has 0 unspecified atom stereocenters. The standard InChI is InChI=1S/C15H10F3NO/c1-10-2-4-11(5-3-10)12-6-7-13(9-19)14(8-12)20-15(16,17)18/h2-8H,1H3. The van der Waals surface area contributed by atoms with Crippen LogP contribution in [-0.2, 0) is 0 Å². The van der Waals surface area contributed by atoms with Gasteiger partial charge in [0.1, 0.15) is 11.8 Å². The highest BCUT2D eigenvalue weighted by Gasteiger charge is 2.32. The Morgan fingerprint density at radius 1 is 1.00 bits per heavy atom. The Balaban J connectivity index is 2.44. The molecule has 0 aromatic heterocycles. The van der Waals surface area contributed by atoms with E-state index in [1.54, 1.807) is 24.3 Å². The highest BCUT2D eigenvalue weighted by Crippen LogP contribution is 2.31. The van der Waals surface area contributed by atoms with Gasteiger partial charge in [-0.05, 0) is 30.2 Å². The lowest BCUT2D eigenvalue weighted by atomic mass is 10.0. The highest BCUT2D eigenvalue weighted by molar-refractivity contribution is 5.67. The maximum Gasteiger partial charge on any atom is 0.573 e. The van der Waals surface area contributed by atoms with Gasteiger partial charge < -0.3 is 4.74 Å². The molecule has 0 radical (unpaired) electrons. The first-order chi connectivity index (χ1) is 9.39. The first kappa shape index (κ1) is 13.9. The first-order valence-corrected chi connectivity index (χ1v) is 5.76. The fourth-order valence-corrected chi connectivity index (χ4v) is 1.75. The van der Waals surface area contributed by atoms with Crippen molar-refractivity contribution < 1.29 is 17.9 Å². The van der Waals surface area contributed by atoms with Crippen LogP contribution >= 0.6 is 0 Å². The molecular formula is C15H10F3NO. The predicted molar refractivity (Wildman–Crippen MR) is 68.0 cm³/mol. The molecule has 0 spiro atoms. The number of ether oxygens (including phenoxy) is 1. The predicted octanol–water partition coefficient (Wildman–Crippen LogP) is 4.43. The Morgan fingerprint density at radius 3 is 2.15 bits per heavy atom. The zero-order chi connectivity index (χ0) is 14.8. The van der Waals surface area contributed by atoms with Crippen molar-refractivity contribution in [3.8, 4) is 22.9 Å². The molecule has 2 aromatic rings. The minimum Gasteiger partial charge on any atom is -0.404 e. The maximum absolute atomic E-state index is 12.3. The lowest BCUT2D eigenvalue weighted by Gasteiger charge is -2.12. The van der Waals surface area contributed by atoms with E-state index in [1.807, 2.05) is 19.1 Å². The molecular weight excluding hydrogens is 267 g/mol. The Morgan fingerprint density at radius 2 is 1.60 bits per heavy atom. The number of hydrogen-bond acceptors (Lipinski definition) is 2. The van der Waals surface area contributed by atoms with E-state index in [-0.39, 0.29) is 5.56 Å². The van der Waals surface area contributed by atoms with Crippen LogP contribution in [0.1, 0.15) is 11.1 Å². The van der Waals surface area contributed by atoms with E-state index in [0.29, 0.717) is 5.56 Å². The molecule has 0 saturated carbocycles. The molecule has 20 heavy (non-hydrogen) atoms. The zero-order valence-corrected chi connectivity index (χ0v) is 10.5. The van der Waals surface area contributed by atoms with Crippen molar-refractivity contribution in [3.05, 3.63) is 53.6 Å². The molecule has 0 aliphatic rings. The molecule has 102 valence electrons. The number of nitriles is 1. The molecule has 0 atom stereocenters. The summed E-state index contributed by atoms with van der Waals surface area (Å²) in [5.41, 5.74) is 2.21. The fourth-order valence-electron chi connectivity index (χ4n) is 1.75. The minimum atomic E-state index is -4.82. The van der Waals surface area contributed by atoms with Crippen LogP contribution in [0.2, 0.25) is 0 Å². The minimum absolute atomic E-state index is 0.154. The van der Waals surface area contributed by atoms with Gasteiger partial charge in [0.25, 0.3) is 0 Å². The van der Waals surface area contributed by atoms with Gasteiger partial charge in [-0.1, -0.05) is 35.9 Å². The van der Waals surface area contributed by atoms with E-state index in [9.17, 15) is 13.2 Å². The molecule has 2 nitrogen and oxygen atoms in total. The van der Waals surface area contributed by atoms with Crippen LogP contribution in [-0.4, -0.2) is 6.36 Å². The number of nitrogens with zero attached hydrogens (tertiary/aromatic N) is 1. The number of rotatable bonds is 2. The molecule has 0 amide bonds. The van der Waals surface area contributed by atoms with Gasteiger partial charge in [0.2, 0.25) is 0 Å². The number of aryl methyl sites for hydroxylation is 1. The van der Waals surface area contributed by atoms with Crippen LogP contribution < -0.4 is 4.74 Å². The van der Waals surface area contributed by atoms with Gasteiger partial charge in [-0.2, -0.15) is 5.26 Å². The van der Waals surface area contributed by atoms with Crippen LogP contribution in [0.15, 0.2) is 42.5 Å². The largest absolute Gasteiger partial charge is 0.573 e. The summed E-state index contributed by atoms with van der Waals surface area (Å²) in [4.78, 5) is 0. The topological polar surface area (TPSA) is 33.0 Å². The summed E-state index contributed by atoms with van der Waals surface area (Å²) in [6.45, 7) is 1.92. The van der Waals surface area contributed by atoms with Crippen molar-refractivity contribution in [2.75, 3.05) is 0 Å². The summed E-state index contributed by atoms with van der Waals surface area (Å²) >= 11 is 0. The van der Waals surface area contributed by atoms with Gasteiger partial charge in [-0.25, -0.2) is 0 Å². The number of alkyl halides is 3. The van der Waals surface area contributed by atoms with Gasteiger partial charge in [0.05, 0.1) is 5.56 Å². The quantitative estimate of drug-likeness (QED) is 0.813. The van der Waals surface area contributed by atoms with Crippen molar-refractivity contribution in [3.63, 3.8) is 0 Å². The average molecular weight is 277 g/mol. The van der Waals surface area contributed by atoms with E-state index in [0.717, 1.165) is 11.1 Å². The van der Waals surface area contributed by atoms with Crippen LogP contribution in [0.25, 0.3) is 11.1 Å². The molecule has 0 bridgehead atoms. The molecule has 5 heteroatoms. The van der Waals surface area contributed by atoms with Crippen molar-refractivity contribution >= 4 is 0 Å². The number of benzene rings is 2. The van der Waals surface area contributed by atoms with E-state index in [4.69, 9.17) is 5.26 Å². The van der Waals surface area contributed by atoms with Gasteiger partial charge in [-0.15, -0.1) is 13.2 Å². The third-order valence-corrected chi connectivity index (χ3v) is 2.71. The second-order valence-electron chi connectivity index (χ2n) is 4.24.